The van der Waals surface area contributed by atoms with E-state index in [9.17, 15) is 0 Å². The average Bonchev–Trinajstić information content (AvgIpc) is 2.19. The Morgan fingerprint density at radius 1 is 0.933 bits per heavy atom. The Bertz CT molecular complexity index is 166. The molecule has 0 radical (unpaired) electrons. The van der Waals surface area contributed by atoms with Crippen molar-refractivity contribution in [2.24, 2.45) is 0 Å². The summed E-state index contributed by atoms with van der Waals surface area (Å²) < 4.78 is 17.2. The second kappa shape index (κ2) is 8.04. The summed E-state index contributed by atoms with van der Waals surface area (Å²) >= 11 is 0. The van der Waals surface area contributed by atoms with Crippen LogP contribution in [0.2, 0.25) is 0 Å². The first-order valence-electron chi connectivity index (χ1n) is 5.76. The fraction of sp³-hybridized carbons (Fsp3) is 0.818. The number of hydrogen-bond donors (Lipinski definition) is 0. The van der Waals surface area contributed by atoms with Crippen LogP contribution in [0.15, 0.2) is 11.8 Å². The highest BCUT2D eigenvalue weighted by molar-refractivity contribution is 6.68. The lowest BCUT2D eigenvalue weighted by Crippen LogP contribution is -2.48. The van der Waals surface area contributed by atoms with Crippen LogP contribution in [0.4, 0.5) is 0 Å². The molecule has 0 unspecified atom stereocenters. The van der Waals surface area contributed by atoms with Gasteiger partial charge in [-0.25, -0.2) is 0 Å². The van der Waals surface area contributed by atoms with Crippen LogP contribution in [-0.2, 0) is 13.3 Å². The molecular weight excluding hydrogens is 208 g/mol. The zero-order valence-electron chi connectivity index (χ0n) is 10.5. The van der Waals surface area contributed by atoms with Gasteiger partial charge in [-0.3, -0.25) is 0 Å². The summed E-state index contributed by atoms with van der Waals surface area (Å²) in [5.41, 5.74) is 0. The van der Waals surface area contributed by atoms with E-state index < -0.39 is 8.80 Å². The lowest BCUT2D eigenvalue weighted by atomic mass is 10.3. The quantitative estimate of drug-likeness (QED) is 0.572. The van der Waals surface area contributed by atoms with Gasteiger partial charge in [0.05, 0.1) is 0 Å². The van der Waals surface area contributed by atoms with E-state index in [2.05, 4.69) is 13.5 Å². The minimum Gasteiger partial charge on any atom is -0.371 e. The average molecular weight is 232 g/mol. The van der Waals surface area contributed by atoms with Crippen molar-refractivity contribution in [1.29, 1.82) is 0 Å². The van der Waals surface area contributed by atoms with Gasteiger partial charge in [0.15, 0.2) is 0 Å². The predicted molar refractivity (Wildman–Crippen MR) is 64.7 cm³/mol. The third-order valence-corrected chi connectivity index (χ3v) is 5.11. The highest BCUT2D eigenvalue weighted by Crippen LogP contribution is 2.22. The van der Waals surface area contributed by atoms with E-state index in [1.165, 1.54) is 0 Å². The summed E-state index contributed by atoms with van der Waals surface area (Å²) in [4.78, 5) is 0. The molecule has 0 heterocycles. The largest absolute Gasteiger partial charge is 0.532 e. The first-order chi connectivity index (χ1) is 7.16. The molecule has 4 heteroatoms. The van der Waals surface area contributed by atoms with Crippen LogP contribution in [0.3, 0.4) is 0 Å². The van der Waals surface area contributed by atoms with Gasteiger partial charge in [-0.2, -0.15) is 0 Å². The molecule has 0 aliphatic rings. The van der Waals surface area contributed by atoms with Gasteiger partial charge in [0.25, 0.3) is 0 Å². The monoisotopic (exact) mass is 232 g/mol. The molecule has 0 aromatic heterocycles. The standard InChI is InChI=1S/C11H24O3Si/c1-6-10-11(5)15(12-7-2,13-8-3)14-9-4/h5-10H2,1-4H3. The Balaban J connectivity index is 4.65. The topological polar surface area (TPSA) is 27.7 Å². The molecule has 0 saturated carbocycles. The van der Waals surface area contributed by atoms with Crippen molar-refractivity contribution in [2.45, 2.75) is 40.5 Å². The summed E-state index contributed by atoms with van der Waals surface area (Å²) in [6.45, 7) is 13.9. The minimum absolute atomic E-state index is 0.606. The van der Waals surface area contributed by atoms with Crippen LogP contribution in [0.1, 0.15) is 40.5 Å². The fourth-order valence-corrected chi connectivity index (χ4v) is 4.01. The van der Waals surface area contributed by atoms with E-state index in [4.69, 9.17) is 13.3 Å². The zero-order valence-corrected chi connectivity index (χ0v) is 11.5. The summed E-state index contributed by atoms with van der Waals surface area (Å²) in [7, 11) is -2.61. The van der Waals surface area contributed by atoms with Crippen molar-refractivity contribution >= 4 is 8.80 Å². The van der Waals surface area contributed by atoms with Crippen LogP contribution in [0, 0.1) is 0 Å². The summed E-state index contributed by atoms with van der Waals surface area (Å²) in [6, 6.07) is 0. The maximum atomic E-state index is 5.72. The molecule has 0 bridgehead atoms. The summed E-state index contributed by atoms with van der Waals surface area (Å²) in [5.74, 6) is 0. The molecule has 0 amide bonds. The highest BCUT2D eigenvalue weighted by Gasteiger charge is 2.43. The molecule has 0 fully saturated rings. The van der Waals surface area contributed by atoms with E-state index in [0.29, 0.717) is 19.8 Å². The summed E-state index contributed by atoms with van der Waals surface area (Å²) in [5, 5.41) is 0.996. The Morgan fingerprint density at radius 2 is 1.33 bits per heavy atom. The number of allylic oxidation sites excluding steroid dienone is 1. The van der Waals surface area contributed by atoms with Gasteiger partial charge < -0.3 is 13.3 Å². The molecule has 0 aliphatic carbocycles. The van der Waals surface area contributed by atoms with Crippen LogP contribution < -0.4 is 0 Å². The maximum Gasteiger partial charge on any atom is 0.532 e. The first kappa shape index (κ1) is 14.8. The molecule has 0 saturated heterocycles. The van der Waals surface area contributed by atoms with Crippen LogP contribution in [0.25, 0.3) is 0 Å². The van der Waals surface area contributed by atoms with E-state index in [1.807, 2.05) is 20.8 Å². The van der Waals surface area contributed by atoms with Gasteiger partial charge >= 0.3 is 8.80 Å². The van der Waals surface area contributed by atoms with Crippen molar-refractivity contribution < 1.29 is 13.3 Å². The molecule has 90 valence electrons. The maximum absolute atomic E-state index is 5.72. The van der Waals surface area contributed by atoms with Gasteiger partial charge in [0, 0.05) is 19.8 Å². The van der Waals surface area contributed by atoms with Gasteiger partial charge in [0.2, 0.25) is 0 Å². The third kappa shape index (κ3) is 4.47. The molecule has 0 spiro atoms. The first-order valence-corrected chi connectivity index (χ1v) is 7.49. The van der Waals surface area contributed by atoms with Crippen molar-refractivity contribution in [3.63, 3.8) is 0 Å². The Kier molecular flexibility index (Phi) is 7.96. The number of hydrogen-bond acceptors (Lipinski definition) is 3. The van der Waals surface area contributed by atoms with E-state index >= 15 is 0 Å². The fourth-order valence-electron chi connectivity index (χ4n) is 1.46. The normalized spacial score (nSPS) is 11.7. The highest BCUT2D eigenvalue weighted by atomic mass is 28.4. The van der Waals surface area contributed by atoms with Crippen LogP contribution >= 0.6 is 0 Å². The Labute approximate surface area is 94.8 Å². The molecule has 0 aliphatic heterocycles. The molecular formula is C11H24O3Si. The smallest absolute Gasteiger partial charge is 0.371 e. The Hall–Kier alpha value is -0.163. The summed E-state index contributed by atoms with van der Waals surface area (Å²) in [6.07, 6.45) is 1.95. The molecule has 0 N–H and O–H groups in total. The van der Waals surface area contributed by atoms with E-state index in [0.717, 1.165) is 18.0 Å². The second-order valence-electron chi connectivity index (χ2n) is 3.21. The minimum atomic E-state index is -2.61. The molecule has 0 rings (SSSR count). The van der Waals surface area contributed by atoms with E-state index in [-0.39, 0.29) is 0 Å². The Morgan fingerprint density at radius 3 is 1.60 bits per heavy atom. The molecule has 0 atom stereocenters. The molecule has 15 heavy (non-hydrogen) atoms. The predicted octanol–water partition coefficient (Wildman–Crippen LogP) is 2.93. The van der Waals surface area contributed by atoms with Crippen molar-refractivity contribution in [3.05, 3.63) is 11.8 Å². The van der Waals surface area contributed by atoms with Crippen LogP contribution in [0.5, 0.6) is 0 Å². The SMILES string of the molecule is C=C(CCC)[Si](OCC)(OCC)OCC. The van der Waals surface area contributed by atoms with Crippen molar-refractivity contribution in [1.82, 2.24) is 0 Å². The van der Waals surface area contributed by atoms with Crippen LogP contribution in [-0.4, -0.2) is 28.6 Å². The van der Waals surface area contributed by atoms with E-state index in [1.54, 1.807) is 0 Å². The lowest BCUT2D eigenvalue weighted by molar-refractivity contribution is 0.0799. The van der Waals surface area contributed by atoms with Gasteiger partial charge in [0.1, 0.15) is 0 Å². The third-order valence-electron chi connectivity index (χ3n) is 1.99. The second-order valence-corrected chi connectivity index (χ2v) is 5.89. The molecule has 3 nitrogen and oxygen atoms in total. The molecule has 0 aromatic carbocycles. The van der Waals surface area contributed by atoms with Gasteiger partial charge in [-0.05, 0) is 32.4 Å². The van der Waals surface area contributed by atoms with Gasteiger partial charge in [-0.15, -0.1) is 0 Å². The zero-order chi connectivity index (χ0) is 11.7. The van der Waals surface area contributed by atoms with Crippen molar-refractivity contribution in [3.8, 4) is 0 Å². The number of rotatable bonds is 9. The lowest BCUT2D eigenvalue weighted by Gasteiger charge is -2.29. The molecule has 0 aromatic rings. The van der Waals surface area contributed by atoms with Crippen molar-refractivity contribution in [2.75, 3.05) is 19.8 Å². The van der Waals surface area contributed by atoms with Gasteiger partial charge in [-0.1, -0.05) is 19.9 Å².